The average molecular weight is 268 g/mol. The molecule has 0 aromatic heterocycles. The second-order valence-electron chi connectivity index (χ2n) is 5.09. The predicted molar refractivity (Wildman–Crippen MR) is 72.9 cm³/mol. The lowest BCUT2D eigenvalue weighted by Crippen LogP contribution is -2.29. The number of carbonyl (C=O) groups is 1. The number of benzene rings is 1. The second kappa shape index (κ2) is 5.91. The summed E-state index contributed by atoms with van der Waals surface area (Å²) in [7, 11) is -0.0829. The van der Waals surface area contributed by atoms with Crippen LogP contribution in [0.4, 0.5) is 0 Å². The highest BCUT2D eigenvalue weighted by Crippen LogP contribution is 2.30. The van der Waals surface area contributed by atoms with Crippen LogP contribution in [0.2, 0.25) is 19.6 Å². The molecule has 0 bridgehead atoms. The fourth-order valence-electron chi connectivity index (χ4n) is 1.53. The highest BCUT2D eigenvalue weighted by molar-refractivity contribution is 6.70. The smallest absolute Gasteiger partial charge is 0.303 e. The molecule has 1 aromatic rings. The lowest BCUT2D eigenvalue weighted by molar-refractivity contribution is -0.136. The van der Waals surface area contributed by atoms with Gasteiger partial charge in [0.25, 0.3) is 0 Å². The number of carboxylic acids is 1. The van der Waals surface area contributed by atoms with Gasteiger partial charge in [0.15, 0.2) is 5.75 Å². The van der Waals surface area contributed by atoms with Crippen LogP contribution in [0.15, 0.2) is 18.2 Å². The molecule has 100 valence electrons. The Hall–Kier alpha value is -1.49. The summed E-state index contributed by atoms with van der Waals surface area (Å²) >= 11 is 0. The molecule has 18 heavy (non-hydrogen) atoms. The summed E-state index contributed by atoms with van der Waals surface area (Å²) in [6.07, 6.45) is 0.621. The maximum absolute atomic E-state index is 10.5. The van der Waals surface area contributed by atoms with Crippen molar-refractivity contribution in [2.45, 2.75) is 32.5 Å². The first kappa shape index (κ1) is 14.6. The number of methoxy groups -OCH3 is 1. The van der Waals surface area contributed by atoms with Crippen molar-refractivity contribution in [3.8, 4) is 11.5 Å². The van der Waals surface area contributed by atoms with Gasteiger partial charge in [-0.25, -0.2) is 0 Å². The minimum Gasteiger partial charge on any atom is -0.542 e. The van der Waals surface area contributed by atoms with E-state index < -0.39 is 14.3 Å². The van der Waals surface area contributed by atoms with Gasteiger partial charge >= 0.3 is 5.97 Å². The Morgan fingerprint density at radius 1 is 1.28 bits per heavy atom. The summed E-state index contributed by atoms with van der Waals surface area (Å²) in [6, 6.07) is 5.59. The number of ether oxygens (including phenoxy) is 1. The Labute approximate surface area is 109 Å². The summed E-state index contributed by atoms with van der Waals surface area (Å²) in [5.74, 6) is 0.604. The molecule has 4 nitrogen and oxygen atoms in total. The third-order valence-corrected chi connectivity index (χ3v) is 3.10. The van der Waals surface area contributed by atoms with E-state index in [0.717, 1.165) is 11.3 Å². The van der Waals surface area contributed by atoms with Gasteiger partial charge in [0, 0.05) is 6.42 Å². The molecular formula is C13H20O4Si. The standard InChI is InChI=1S/C13H20O4Si/c1-16-12-9-10(6-8-13(14)15)5-7-11(12)17-18(2,3)4/h5,7,9H,6,8H2,1-4H3,(H,14,15). The zero-order valence-corrected chi connectivity index (χ0v) is 12.3. The van der Waals surface area contributed by atoms with E-state index in [9.17, 15) is 4.79 Å². The third-order valence-electron chi connectivity index (χ3n) is 2.27. The average Bonchev–Trinajstić information content (AvgIpc) is 2.25. The first-order valence-electron chi connectivity index (χ1n) is 5.89. The summed E-state index contributed by atoms with van der Waals surface area (Å²) in [5, 5.41) is 8.66. The quantitative estimate of drug-likeness (QED) is 0.806. The third kappa shape index (κ3) is 4.79. The van der Waals surface area contributed by atoms with Crippen LogP contribution in [0, 0.1) is 0 Å². The molecule has 0 atom stereocenters. The molecule has 0 amide bonds. The molecule has 0 aliphatic carbocycles. The van der Waals surface area contributed by atoms with Gasteiger partial charge in [-0.2, -0.15) is 0 Å². The van der Waals surface area contributed by atoms with E-state index in [-0.39, 0.29) is 6.42 Å². The topological polar surface area (TPSA) is 55.8 Å². The van der Waals surface area contributed by atoms with Crippen LogP contribution < -0.4 is 9.16 Å². The van der Waals surface area contributed by atoms with E-state index in [1.54, 1.807) is 7.11 Å². The summed E-state index contributed by atoms with van der Waals surface area (Å²) in [4.78, 5) is 10.5. The number of rotatable bonds is 6. The molecule has 0 unspecified atom stereocenters. The summed E-state index contributed by atoms with van der Waals surface area (Å²) in [5.41, 5.74) is 0.942. The summed E-state index contributed by atoms with van der Waals surface area (Å²) in [6.45, 7) is 6.31. The maximum Gasteiger partial charge on any atom is 0.303 e. The molecule has 1 N–H and O–H groups in total. The molecular weight excluding hydrogens is 248 g/mol. The van der Waals surface area contributed by atoms with E-state index >= 15 is 0 Å². The molecule has 0 saturated heterocycles. The van der Waals surface area contributed by atoms with E-state index in [1.165, 1.54) is 0 Å². The zero-order valence-electron chi connectivity index (χ0n) is 11.3. The van der Waals surface area contributed by atoms with Crippen LogP contribution in [0.25, 0.3) is 0 Å². The Morgan fingerprint density at radius 2 is 1.94 bits per heavy atom. The van der Waals surface area contributed by atoms with Crippen LogP contribution in [0.5, 0.6) is 11.5 Å². The Morgan fingerprint density at radius 3 is 2.44 bits per heavy atom. The van der Waals surface area contributed by atoms with Crippen molar-refractivity contribution in [1.82, 2.24) is 0 Å². The number of aliphatic carboxylic acids is 1. The van der Waals surface area contributed by atoms with Crippen molar-refractivity contribution in [3.63, 3.8) is 0 Å². The first-order valence-corrected chi connectivity index (χ1v) is 9.30. The molecule has 0 aliphatic rings. The van der Waals surface area contributed by atoms with E-state index in [4.69, 9.17) is 14.3 Å². The molecule has 0 heterocycles. The van der Waals surface area contributed by atoms with Gasteiger partial charge in [-0.1, -0.05) is 6.07 Å². The Kier molecular flexibility index (Phi) is 4.78. The number of hydrogen-bond donors (Lipinski definition) is 1. The van der Waals surface area contributed by atoms with Crippen LogP contribution >= 0.6 is 0 Å². The molecule has 5 heteroatoms. The van der Waals surface area contributed by atoms with Crippen LogP contribution in [0.3, 0.4) is 0 Å². The van der Waals surface area contributed by atoms with Crippen molar-refractivity contribution in [2.24, 2.45) is 0 Å². The van der Waals surface area contributed by atoms with Gasteiger partial charge in [0.2, 0.25) is 8.32 Å². The molecule has 0 saturated carbocycles. The van der Waals surface area contributed by atoms with E-state index in [2.05, 4.69) is 19.6 Å². The van der Waals surface area contributed by atoms with E-state index in [1.807, 2.05) is 18.2 Å². The maximum atomic E-state index is 10.5. The number of carboxylic acid groups (broad SMARTS) is 1. The molecule has 0 radical (unpaired) electrons. The minimum absolute atomic E-state index is 0.122. The van der Waals surface area contributed by atoms with Gasteiger partial charge in [-0.15, -0.1) is 0 Å². The van der Waals surface area contributed by atoms with Gasteiger partial charge < -0.3 is 14.3 Å². The van der Waals surface area contributed by atoms with Crippen molar-refractivity contribution < 1.29 is 19.1 Å². The fraction of sp³-hybridized carbons (Fsp3) is 0.462. The lowest BCUT2D eigenvalue weighted by Gasteiger charge is -2.21. The SMILES string of the molecule is COc1cc(CCC(=O)O)ccc1O[Si](C)(C)C. The molecule has 0 fully saturated rings. The number of hydrogen-bond acceptors (Lipinski definition) is 3. The fourth-order valence-corrected chi connectivity index (χ4v) is 2.36. The van der Waals surface area contributed by atoms with Crippen LogP contribution in [-0.2, 0) is 11.2 Å². The van der Waals surface area contributed by atoms with Gasteiger partial charge in [0.1, 0.15) is 5.75 Å². The number of aryl methyl sites for hydroxylation is 1. The van der Waals surface area contributed by atoms with Crippen LogP contribution in [0.1, 0.15) is 12.0 Å². The highest BCUT2D eigenvalue weighted by atomic mass is 28.4. The zero-order chi connectivity index (χ0) is 13.8. The second-order valence-corrected chi connectivity index (χ2v) is 9.52. The van der Waals surface area contributed by atoms with Crippen molar-refractivity contribution in [2.75, 3.05) is 7.11 Å². The Bertz CT molecular complexity index is 423. The lowest BCUT2D eigenvalue weighted by atomic mass is 10.1. The van der Waals surface area contributed by atoms with Crippen molar-refractivity contribution in [3.05, 3.63) is 23.8 Å². The summed E-state index contributed by atoms with van der Waals surface area (Å²) < 4.78 is 11.2. The van der Waals surface area contributed by atoms with Crippen molar-refractivity contribution >= 4 is 14.3 Å². The first-order chi connectivity index (χ1) is 8.31. The van der Waals surface area contributed by atoms with Gasteiger partial charge in [-0.3, -0.25) is 4.79 Å². The normalized spacial score (nSPS) is 11.1. The highest BCUT2D eigenvalue weighted by Gasteiger charge is 2.18. The molecule has 0 aliphatic heterocycles. The molecule has 1 aromatic carbocycles. The van der Waals surface area contributed by atoms with Crippen molar-refractivity contribution in [1.29, 1.82) is 0 Å². The predicted octanol–water partition coefficient (Wildman–Crippen LogP) is 2.93. The largest absolute Gasteiger partial charge is 0.542 e. The van der Waals surface area contributed by atoms with Gasteiger partial charge in [0.05, 0.1) is 7.11 Å². The van der Waals surface area contributed by atoms with Gasteiger partial charge in [-0.05, 0) is 43.8 Å². The molecule has 0 spiro atoms. The van der Waals surface area contributed by atoms with Crippen LogP contribution in [-0.4, -0.2) is 26.5 Å². The van der Waals surface area contributed by atoms with E-state index in [0.29, 0.717) is 12.2 Å². The minimum atomic E-state index is -1.67. The monoisotopic (exact) mass is 268 g/mol. The molecule has 1 rings (SSSR count). The Balaban J connectivity index is 2.86.